The zero-order chi connectivity index (χ0) is 18.4. The molecule has 2 aliphatic rings. The Labute approximate surface area is 154 Å². The molecule has 0 aromatic heterocycles. The molecule has 1 saturated heterocycles. The van der Waals surface area contributed by atoms with Crippen molar-refractivity contribution >= 4 is 11.7 Å². The lowest BCUT2D eigenvalue weighted by atomic mass is 9.70. The summed E-state index contributed by atoms with van der Waals surface area (Å²) in [6.45, 7) is 10.3. The van der Waals surface area contributed by atoms with Gasteiger partial charge in [-0.05, 0) is 51.7 Å². The van der Waals surface area contributed by atoms with Gasteiger partial charge < -0.3 is 9.80 Å². The third-order valence-electron chi connectivity index (χ3n) is 5.95. The summed E-state index contributed by atoms with van der Waals surface area (Å²) >= 11 is 0. The number of hydrogen-bond acceptors (Lipinski definition) is 3. The molecule has 0 radical (unpaired) electrons. The summed E-state index contributed by atoms with van der Waals surface area (Å²) < 4.78 is 0. The van der Waals surface area contributed by atoms with E-state index in [0.717, 1.165) is 45.2 Å². The first kappa shape index (κ1) is 20.4. The summed E-state index contributed by atoms with van der Waals surface area (Å²) in [4.78, 5) is 30.2. The molecule has 0 spiro atoms. The molecule has 2 atom stereocenters. The summed E-state index contributed by atoms with van der Waals surface area (Å²) in [6, 6.07) is 0. The predicted molar refractivity (Wildman–Crippen MR) is 102 cm³/mol. The number of nitrogens with zero attached hydrogens (tertiary/aromatic N) is 2. The van der Waals surface area contributed by atoms with Crippen LogP contribution in [0, 0.1) is 17.3 Å². The van der Waals surface area contributed by atoms with Crippen molar-refractivity contribution in [3.05, 3.63) is 0 Å². The van der Waals surface area contributed by atoms with E-state index in [1.165, 1.54) is 32.4 Å². The number of rotatable bonds is 6. The normalized spacial score (nSPS) is 25.6. The Hall–Kier alpha value is -0.900. The average Bonchev–Trinajstić information content (AvgIpc) is 2.60. The number of amides is 1. The van der Waals surface area contributed by atoms with E-state index in [1.807, 2.05) is 32.7 Å². The fourth-order valence-corrected chi connectivity index (χ4v) is 4.40. The van der Waals surface area contributed by atoms with Crippen molar-refractivity contribution < 1.29 is 9.59 Å². The standard InChI is InChI=1S/C21H38N2O2/c1-21(2,3)19(24)17-11-6-7-12-18(17)20(25)22(4)13-10-16-23-14-8-5-9-15-23/h17-18H,5-16H2,1-4H3/t17-,18+/m0/s1. The van der Waals surface area contributed by atoms with Crippen LogP contribution >= 0.6 is 0 Å². The van der Waals surface area contributed by atoms with Gasteiger partial charge in [-0.1, -0.05) is 40.0 Å². The topological polar surface area (TPSA) is 40.6 Å². The first-order valence-corrected chi connectivity index (χ1v) is 10.3. The van der Waals surface area contributed by atoms with Crippen molar-refractivity contribution in [2.24, 2.45) is 17.3 Å². The Bertz CT molecular complexity index is 449. The number of carbonyl (C=O) groups excluding carboxylic acids is 2. The minimum atomic E-state index is -0.354. The zero-order valence-corrected chi connectivity index (χ0v) is 16.9. The van der Waals surface area contributed by atoms with Gasteiger partial charge in [0.1, 0.15) is 5.78 Å². The molecule has 1 aliphatic heterocycles. The molecule has 0 bridgehead atoms. The van der Waals surface area contributed by atoms with Gasteiger partial charge in [0, 0.05) is 30.8 Å². The molecule has 144 valence electrons. The van der Waals surface area contributed by atoms with Gasteiger partial charge in [0.2, 0.25) is 5.91 Å². The number of hydrogen-bond donors (Lipinski definition) is 0. The summed E-state index contributed by atoms with van der Waals surface area (Å²) in [5.74, 6) is 0.291. The number of likely N-dealkylation sites (tertiary alicyclic amines) is 1. The predicted octanol–water partition coefficient (Wildman–Crippen LogP) is 3.74. The van der Waals surface area contributed by atoms with E-state index in [4.69, 9.17) is 0 Å². The Morgan fingerprint density at radius 1 is 0.960 bits per heavy atom. The van der Waals surface area contributed by atoms with Crippen molar-refractivity contribution in [1.82, 2.24) is 9.80 Å². The largest absolute Gasteiger partial charge is 0.345 e. The minimum Gasteiger partial charge on any atom is -0.345 e. The quantitative estimate of drug-likeness (QED) is 0.733. The highest BCUT2D eigenvalue weighted by Gasteiger charge is 2.40. The fourth-order valence-electron chi connectivity index (χ4n) is 4.40. The van der Waals surface area contributed by atoms with Crippen LogP contribution in [-0.4, -0.2) is 54.7 Å². The van der Waals surface area contributed by atoms with Gasteiger partial charge in [0.05, 0.1) is 0 Å². The van der Waals surface area contributed by atoms with Gasteiger partial charge in [-0.3, -0.25) is 9.59 Å². The molecule has 0 unspecified atom stereocenters. The molecule has 2 fully saturated rings. The smallest absolute Gasteiger partial charge is 0.226 e. The number of piperidine rings is 1. The fraction of sp³-hybridized carbons (Fsp3) is 0.905. The van der Waals surface area contributed by atoms with E-state index in [1.54, 1.807) is 0 Å². The average molecular weight is 351 g/mol. The highest BCUT2D eigenvalue weighted by molar-refractivity contribution is 5.91. The van der Waals surface area contributed by atoms with Crippen LogP contribution in [0.4, 0.5) is 0 Å². The Morgan fingerprint density at radius 3 is 2.16 bits per heavy atom. The lowest BCUT2D eigenvalue weighted by Gasteiger charge is -2.36. The van der Waals surface area contributed by atoms with Crippen LogP contribution in [0.25, 0.3) is 0 Å². The molecule has 1 heterocycles. The molecule has 0 aromatic carbocycles. The van der Waals surface area contributed by atoms with Crippen LogP contribution in [0.5, 0.6) is 0 Å². The molecule has 1 saturated carbocycles. The Morgan fingerprint density at radius 2 is 1.56 bits per heavy atom. The third-order valence-corrected chi connectivity index (χ3v) is 5.95. The minimum absolute atomic E-state index is 0.0780. The van der Waals surface area contributed by atoms with E-state index in [2.05, 4.69) is 4.90 Å². The van der Waals surface area contributed by atoms with Gasteiger partial charge in [-0.15, -0.1) is 0 Å². The van der Waals surface area contributed by atoms with Crippen molar-refractivity contribution in [2.45, 2.75) is 72.1 Å². The van der Waals surface area contributed by atoms with E-state index in [-0.39, 0.29) is 28.9 Å². The van der Waals surface area contributed by atoms with Crippen LogP contribution in [0.15, 0.2) is 0 Å². The Balaban J connectivity index is 1.86. The highest BCUT2D eigenvalue weighted by atomic mass is 16.2. The first-order chi connectivity index (χ1) is 11.8. The first-order valence-electron chi connectivity index (χ1n) is 10.3. The van der Waals surface area contributed by atoms with E-state index in [9.17, 15) is 9.59 Å². The summed E-state index contributed by atoms with van der Waals surface area (Å²) in [5, 5.41) is 0. The Kier molecular flexibility index (Phi) is 7.48. The maximum absolute atomic E-state index is 13.0. The third kappa shape index (κ3) is 5.80. The van der Waals surface area contributed by atoms with Gasteiger partial charge in [0.25, 0.3) is 0 Å². The van der Waals surface area contributed by atoms with Crippen molar-refractivity contribution in [3.8, 4) is 0 Å². The molecule has 1 amide bonds. The number of ketones is 1. The second-order valence-electron chi connectivity index (χ2n) is 9.13. The van der Waals surface area contributed by atoms with Crippen LogP contribution in [0.2, 0.25) is 0 Å². The van der Waals surface area contributed by atoms with Crippen molar-refractivity contribution in [2.75, 3.05) is 33.2 Å². The lowest BCUT2D eigenvalue weighted by Crippen LogP contribution is -2.44. The number of Topliss-reactive ketones (excluding diaryl/α,β-unsaturated/α-hetero) is 1. The lowest BCUT2D eigenvalue weighted by molar-refractivity contribution is -0.144. The van der Waals surface area contributed by atoms with Crippen LogP contribution in [0.1, 0.15) is 72.1 Å². The van der Waals surface area contributed by atoms with Gasteiger partial charge in [0.15, 0.2) is 0 Å². The molecule has 0 N–H and O–H groups in total. The summed E-state index contributed by atoms with van der Waals surface area (Å²) in [5.41, 5.74) is -0.354. The van der Waals surface area contributed by atoms with Crippen LogP contribution in [-0.2, 0) is 9.59 Å². The van der Waals surface area contributed by atoms with Crippen molar-refractivity contribution in [1.29, 1.82) is 0 Å². The molecule has 4 nitrogen and oxygen atoms in total. The molecular formula is C21H38N2O2. The van der Waals surface area contributed by atoms with E-state index in [0.29, 0.717) is 0 Å². The van der Waals surface area contributed by atoms with Gasteiger partial charge in [-0.2, -0.15) is 0 Å². The van der Waals surface area contributed by atoms with E-state index < -0.39 is 0 Å². The number of carbonyl (C=O) groups is 2. The van der Waals surface area contributed by atoms with Gasteiger partial charge >= 0.3 is 0 Å². The van der Waals surface area contributed by atoms with E-state index >= 15 is 0 Å². The molecular weight excluding hydrogens is 312 g/mol. The maximum Gasteiger partial charge on any atom is 0.226 e. The zero-order valence-electron chi connectivity index (χ0n) is 16.9. The molecule has 2 rings (SSSR count). The highest BCUT2D eigenvalue weighted by Crippen LogP contribution is 2.36. The maximum atomic E-state index is 13.0. The summed E-state index contributed by atoms with van der Waals surface area (Å²) in [6.07, 6.45) is 8.93. The summed E-state index contributed by atoms with van der Waals surface area (Å²) in [7, 11) is 1.92. The molecule has 4 heteroatoms. The van der Waals surface area contributed by atoms with Gasteiger partial charge in [-0.25, -0.2) is 0 Å². The molecule has 1 aliphatic carbocycles. The molecule has 0 aromatic rings. The second-order valence-corrected chi connectivity index (χ2v) is 9.13. The second kappa shape index (κ2) is 9.16. The van der Waals surface area contributed by atoms with Crippen LogP contribution in [0.3, 0.4) is 0 Å². The monoisotopic (exact) mass is 350 g/mol. The van der Waals surface area contributed by atoms with Crippen LogP contribution < -0.4 is 0 Å². The molecule has 25 heavy (non-hydrogen) atoms. The SMILES string of the molecule is CN(CCCN1CCCCC1)C(=O)[C@@H]1CCCC[C@@H]1C(=O)C(C)(C)C. The van der Waals surface area contributed by atoms with Crippen molar-refractivity contribution in [3.63, 3.8) is 0 Å².